The summed E-state index contributed by atoms with van der Waals surface area (Å²) in [5.41, 5.74) is 6.11. The average molecular weight is 252 g/mol. The van der Waals surface area contributed by atoms with Gasteiger partial charge in [-0.1, -0.05) is 12.2 Å². The largest absolute Gasteiger partial charge is 0.388 e. The van der Waals surface area contributed by atoms with Gasteiger partial charge in [0.15, 0.2) is 0 Å². The summed E-state index contributed by atoms with van der Waals surface area (Å²) in [5.74, 6) is 0.579. The minimum atomic E-state index is 0.288. The number of aromatic nitrogens is 2. The number of thiocarbonyl (C=S) groups is 1. The SMILES string of the molecule is CCOC1CC(Nc2nccc(C(N)=S)n2)C1. The van der Waals surface area contributed by atoms with Gasteiger partial charge in [0.25, 0.3) is 0 Å². The van der Waals surface area contributed by atoms with E-state index in [0.29, 0.717) is 23.8 Å². The van der Waals surface area contributed by atoms with Crippen molar-refractivity contribution < 1.29 is 4.74 Å². The lowest BCUT2D eigenvalue weighted by Crippen LogP contribution is -2.41. The molecule has 1 aromatic heterocycles. The molecule has 1 aliphatic carbocycles. The van der Waals surface area contributed by atoms with Crippen LogP contribution in [0.2, 0.25) is 0 Å². The van der Waals surface area contributed by atoms with Gasteiger partial charge >= 0.3 is 0 Å². The Morgan fingerprint density at radius 3 is 3.06 bits per heavy atom. The Bertz CT molecular complexity index is 406. The number of ether oxygens (including phenoxy) is 1. The highest BCUT2D eigenvalue weighted by molar-refractivity contribution is 7.80. The van der Waals surface area contributed by atoms with Crippen molar-refractivity contribution in [2.45, 2.75) is 31.9 Å². The van der Waals surface area contributed by atoms with E-state index in [1.54, 1.807) is 12.3 Å². The van der Waals surface area contributed by atoms with E-state index in [9.17, 15) is 0 Å². The first-order chi connectivity index (χ1) is 8.19. The average Bonchev–Trinajstić information content (AvgIpc) is 2.27. The fraction of sp³-hybridized carbons (Fsp3) is 0.545. The Labute approximate surface area is 106 Å². The number of hydrogen-bond acceptors (Lipinski definition) is 5. The van der Waals surface area contributed by atoms with Crippen LogP contribution in [0.5, 0.6) is 0 Å². The predicted molar refractivity (Wildman–Crippen MR) is 70.0 cm³/mol. The predicted octanol–water partition coefficient (Wildman–Crippen LogP) is 1.09. The molecule has 0 amide bonds. The first-order valence-electron chi connectivity index (χ1n) is 5.70. The fourth-order valence-electron chi connectivity index (χ4n) is 1.80. The number of rotatable bonds is 5. The topological polar surface area (TPSA) is 73.1 Å². The van der Waals surface area contributed by atoms with Crippen LogP contribution in [-0.2, 0) is 4.74 Å². The quantitative estimate of drug-likeness (QED) is 0.764. The standard InChI is InChI=1S/C11H16N4OS/c1-2-16-8-5-7(6-8)14-11-13-4-3-9(15-11)10(12)17/h3-4,7-8H,2,5-6H2,1H3,(H2,12,17)(H,13,14,15). The highest BCUT2D eigenvalue weighted by Gasteiger charge is 2.29. The normalized spacial score (nSPS) is 22.9. The van der Waals surface area contributed by atoms with Crippen molar-refractivity contribution in [3.8, 4) is 0 Å². The second-order valence-corrected chi connectivity index (χ2v) is 4.46. The molecule has 5 nitrogen and oxygen atoms in total. The summed E-state index contributed by atoms with van der Waals surface area (Å²) in [7, 11) is 0. The third-order valence-electron chi connectivity index (χ3n) is 2.74. The first kappa shape index (κ1) is 12.2. The van der Waals surface area contributed by atoms with Crippen LogP contribution < -0.4 is 11.1 Å². The summed E-state index contributed by atoms with van der Waals surface area (Å²) in [6.45, 7) is 2.78. The third kappa shape index (κ3) is 3.10. The maximum Gasteiger partial charge on any atom is 0.223 e. The van der Waals surface area contributed by atoms with E-state index in [0.717, 1.165) is 19.4 Å². The third-order valence-corrected chi connectivity index (χ3v) is 2.95. The maximum atomic E-state index is 5.51. The Morgan fingerprint density at radius 1 is 1.65 bits per heavy atom. The number of nitrogens with one attached hydrogen (secondary N) is 1. The minimum Gasteiger partial charge on any atom is -0.388 e. The van der Waals surface area contributed by atoms with E-state index in [-0.39, 0.29) is 4.99 Å². The van der Waals surface area contributed by atoms with Crippen molar-refractivity contribution in [1.82, 2.24) is 9.97 Å². The Balaban J connectivity index is 1.88. The molecule has 0 aromatic carbocycles. The van der Waals surface area contributed by atoms with E-state index >= 15 is 0 Å². The second kappa shape index (κ2) is 5.37. The van der Waals surface area contributed by atoms with Crippen molar-refractivity contribution in [3.05, 3.63) is 18.0 Å². The van der Waals surface area contributed by atoms with E-state index in [4.69, 9.17) is 22.7 Å². The Morgan fingerprint density at radius 2 is 2.41 bits per heavy atom. The van der Waals surface area contributed by atoms with Crippen LogP contribution in [0.3, 0.4) is 0 Å². The smallest absolute Gasteiger partial charge is 0.223 e. The molecular formula is C11H16N4OS. The van der Waals surface area contributed by atoms with E-state index in [1.165, 1.54) is 0 Å². The molecule has 0 spiro atoms. The minimum absolute atomic E-state index is 0.288. The molecule has 1 heterocycles. The number of anilines is 1. The zero-order valence-electron chi connectivity index (χ0n) is 9.72. The molecule has 1 aliphatic rings. The zero-order valence-corrected chi connectivity index (χ0v) is 10.5. The van der Waals surface area contributed by atoms with Gasteiger partial charge in [-0.3, -0.25) is 0 Å². The molecule has 92 valence electrons. The van der Waals surface area contributed by atoms with Gasteiger partial charge in [-0.25, -0.2) is 9.97 Å². The van der Waals surface area contributed by atoms with Crippen LogP contribution >= 0.6 is 12.2 Å². The summed E-state index contributed by atoms with van der Waals surface area (Å²) in [4.78, 5) is 8.66. The van der Waals surface area contributed by atoms with E-state index in [2.05, 4.69) is 15.3 Å². The molecule has 0 aliphatic heterocycles. The van der Waals surface area contributed by atoms with Crippen molar-refractivity contribution in [2.24, 2.45) is 5.73 Å². The second-order valence-electron chi connectivity index (χ2n) is 4.02. The summed E-state index contributed by atoms with van der Waals surface area (Å²) in [5, 5.41) is 3.24. The van der Waals surface area contributed by atoms with Gasteiger partial charge in [-0.2, -0.15) is 0 Å². The number of nitrogens with two attached hydrogens (primary N) is 1. The van der Waals surface area contributed by atoms with Crippen molar-refractivity contribution in [3.63, 3.8) is 0 Å². The van der Waals surface area contributed by atoms with Gasteiger partial charge in [0.2, 0.25) is 5.95 Å². The molecule has 1 aromatic rings. The van der Waals surface area contributed by atoms with Crippen molar-refractivity contribution >= 4 is 23.2 Å². The molecule has 2 rings (SSSR count). The molecule has 0 radical (unpaired) electrons. The van der Waals surface area contributed by atoms with Crippen LogP contribution in [0.25, 0.3) is 0 Å². The van der Waals surface area contributed by atoms with Gasteiger partial charge in [0.05, 0.1) is 6.10 Å². The molecule has 0 unspecified atom stereocenters. The van der Waals surface area contributed by atoms with Crippen LogP contribution in [0, 0.1) is 0 Å². The first-order valence-corrected chi connectivity index (χ1v) is 6.11. The highest BCUT2D eigenvalue weighted by atomic mass is 32.1. The van der Waals surface area contributed by atoms with Gasteiger partial charge in [-0.15, -0.1) is 0 Å². The zero-order chi connectivity index (χ0) is 12.3. The molecule has 6 heteroatoms. The van der Waals surface area contributed by atoms with Crippen LogP contribution in [-0.4, -0.2) is 33.7 Å². The monoisotopic (exact) mass is 252 g/mol. The van der Waals surface area contributed by atoms with E-state index < -0.39 is 0 Å². The number of nitrogens with zero attached hydrogens (tertiary/aromatic N) is 2. The summed E-state index contributed by atoms with van der Waals surface area (Å²) < 4.78 is 5.49. The lowest BCUT2D eigenvalue weighted by molar-refractivity contribution is 0.00285. The van der Waals surface area contributed by atoms with Gasteiger partial charge < -0.3 is 15.8 Å². The lowest BCUT2D eigenvalue weighted by Gasteiger charge is -2.35. The molecule has 1 saturated carbocycles. The summed E-state index contributed by atoms with van der Waals surface area (Å²) in [6.07, 6.45) is 4.02. The molecular weight excluding hydrogens is 236 g/mol. The molecule has 17 heavy (non-hydrogen) atoms. The molecule has 3 N–H and O–H groups in total. The number of hydrogen-bond donors (Lipinski definition) is 2. The van der Waals surface area contributed by atoms with Gasteiger partial charge in [-0.05, 0) is 25.8 Å². The van der Waals surface area contributed by atoms with Crippen LogP contribution in [0.1, 0.15) is 25.5 Å². The Kier molecular flexibility index (Phi) is 3.86. The molecule has 0 saturated heterocycles. The molecule has 1 fully saturated rings. The fourth-order valence-corrected chi connectivity index (χ4v) is 1.92. The Hall–Kier alpha value is -1.27. The summed E-state index contributed by atoms with van der Waals surface area (Å²) in [6, 6.07) is 2.09. The van der Waals surface area contributed by atoms with E-state index in [1.807, 2.05) is 6.92 Å². The van der Waals surface area contributed by atoms with Gasteiger partial charge in [0.1, 0.15) is 10.7 Å². The van der Waals surface area contributed by atoms with Crippen molar-refractivity contribution in [1.29, 1.82) is 0 Å². The van der Waals surface area contributed by atoms with Gasteiger partial charge in [0, 0.05) is 18.8 Å². The van der Waals surface area contributed by atoms with Crippen LogP contribution in [0.15, 0.2) is 12.3 Å². The van der Waals surface area contributed by atoms with Crippen molar-refractivity contribution in [2.75, 3.05) is 11.9 Å². The lowest BCUT2D eigenvalue weighted by atomic mass is 9.89. The molecule has 0 atom stereocenters. The van der Waals surface area contributed by atoms with Crippen LogP contribution in [0.4, 0.5) is 5.95 Å². The molecule has 0 bridgehead atoms. The highest BCUT2D eigenvalue weighted by Crippen LogP contribution is 2.25. The maximum absolute atomic E-state index is 5.51. The summed E-state index contributed by atoms with van der Waals surface area (Å²) >= 11 is 4.87.